The van der Waals surface area contributed by atoms with Crippen LogP contribution in [0.15, 0.2) is 77.7 Å². The minimum Gasteiger partial charge on any atom is -0.486 e. The number of ether oxygens (including phenoxy) is 2. The first-order valence-electron chi connectivity index (χ1n) is 15.4. The summed E-state index contributed by atoms with van der Waals surface area (Å²) in [7, 11) is -4.17. The number of sulfonamides is 1. The van der Waals surface area contributed by atoms with E-state index in [1.165, 1.54) is 17.0 Å². The monoisotopic (exact) mass is 619 g/mol. The Morgan fingerprint density at radius 2 is 1.59 bits per heavy atom. The smallest absolute Gasteiger partial charge is 0.264 e. The van der Waals surface area contributed by atoms with E-state index >= 15 is 0 Å². The maximum atomic E-state index is 14.3. The highest BCUT2D eigenvalue weighted by Gasteiger charge is 2.35. The standard InChI is InChI=1S/C34H41N3O6S/c1-3-30(34(39)35-27-10-6-4-7-11-27)36(23-26-16-14-25(2)15-17-26)33(38)24-37(44(40,41)29-12-8-5-9-13-29)28-18-19-31-32(22-28)43-21-20-42-31/h5,8-9,12-19,22,27,30H,3-4,6-7,10-11,20-21,23-24H2,1-2H3,(H,35,39)/t30-/m0/s1. The zero-order chi connectivity index (χ0) is 31.1. The number of nitrogens with zero attached hydrogens (tertiary/aromatic N) is 2. The minimum absolute atomic E-state index is 0.0508. The number of carbonyl (C=O) groups is 2. The van der Waals surface area contributed by atoms with Crippen LogP contribution in [0.1, 0.15) is 56.6 Å². The van der Waals surface area contributed by atoms with Gasteiger partial charge in [-0.15, -0.1) is 0 Å². The van der Waals surface area contributed by atoms with E-state index in [1.54, 1.807) is 36.4 Å². The Kier molecular flexibility index (Phi) is 10.1. The molecule has 10 heteroatoms. The molecule has 1 saturated carbocycles. The lowest BCUT2D eigenvalue weighted by Gasteiger charge is -2.34. The molecule has 1 N–H and O–H groups in total. The topological polar surface area (TPSA) is 105 Å². The molecule has 0 unspecified atom stereocenters. The molecule has 1 aliphatic carbocycles. The number of anilines is 1. The van der Waals surface area contributed by atoms with Crippen LogP contribution in [0.2, 0.25) is 0 Å². The summed E-state index contributed by atoms with van der Waals surface area (Å²) in [6, 6.07) is 20.0. The molecule has 3 aromatic carbocycles. The second-order valence-electron chi connectivity index (χ2n) is 11.4. The van der Waals surface area contributed by atoms with Crippen molar-refractivity contribution in [3.05, 3.63) is 83.9 Å². The fraction of sp³-hybridized carbons (Fsp3) is 0.412. The van der Waals surface area contributed by atoms with Gasteiger partial charge in [0, 0.05) is 18.7 Å². The normalized spacial score (nSPS) is 15.7. The van der Waals surface area contributed by atoms with Crippen LogP contribution in [0.3, 0.4) is 0 Å². The molecule has 2 aliphatic rings. The van der Waals surface area contributed by atoms with E-state index in [4.69, 9.17) is 9.47 Å². The van der Waals surface area contributed by atoms with Crippen molar-refractivity contribution in [3.8, 4) is 11.5 Å². The predicted octanol–water partition coefficient (Wildman–Crippen LogP) is 5.22. The molecule has 1 heterocycles. The maximum absolute atomic E-state index is 14.3. The Hall–Kier alpha value is -4.05. The number of hydrogen-bond acceptors (Lipinski definition) is 6. The van der Waals surface area contributed by atoms with Crippen LogP contribution in [-0.2, 0) is 26.2 Å². The highest BCUT2D eigenvalue weighted by molar-refractivity contribution is 7.92. The molecule has 1 aliphatic heterocycles. The van der Waals surface area contributed by atoms with E-state index in [0.717, 1.165) is 47.5 Å². The van der Waals surface area contributed by atoms with Gasteiger partial charge in [0.15, 0.2) is 11.5 Å². The lowest BCUT2D eigenvalue weighted by Crippen LogP contribution is -2.54. The van der Waals surface area contributed by atoms with Crippen molar-refractivity contribution in [2.24, 2.45) is 0 Å². The Balaban J connectivity index is 1.50. The van der Waals surface area contributed by atoms with Gasteiger partial charge in [-0.1, -0.05) is 74.2 Å². The first kappa shape index (κ1) is 31.4. The van der Waals surface area contributed by atoms with Crippen LogP contribution in [0, 0.1) is 6.92 Å². The van der Waals surface area contributed by atoms with E-state index in [9.17, 15) is 18.0 Å². The van der Waals surface area contributed by atoms with Crippen LogP contribution in [0.4, 0.5) is 5.69 Å². The molecule has 5 rings (SSSR count). The van der Waals surface area contributed by atoms with Gasteiger partial charge in [0.1, 0.15) is 25.8 Å². The molecular weight excluding hydrogens is 578 g/mol. The van der Waals surface area contributed by atoms with Gasteiger partial charge in [0.25, 0.3) is 10.0 Å². The SMILES string of the molecule is CC[C@@H](C(=O)NC1CCCCC1)N(Cc1ccc(C)cc1)C(=O)CN(c1ccc2c(c1)OCCO2)S(=O)(=O)c1ccccc1. The van der Waals surface area contributed by atoms with Crippen molar-refractivity contribution in [3.63, 3.8) is 0 Å². The fourth-order valence-corrected chi connectivity index (χ4v) is 7.22. The quantitative estimate of drug-likeness (QED) is 0.316. The molecule has 2 amide bonds. The number of fused-ring (bicyclic) bond motifs is 1. The van der Waals surface area contributed by atoms with Crippen LogP contribution in [-0.4, -0.2) is 57.0 Å². The summed E-state index contributed by atoms with van der Waals surface area (Å²) in [4.78, 5) is 29.6. The molecule has 0 spiro atoms. The van der Waals surface area contributed by atoms with E-state index in [1.807, 2.05) is 38.1 Å². The first-order chi connectivity index (χ1) is 21.3. The van der Waals surface area contributed by atoms with Gasteiger partial charge < -0.3 is 19.7 Å². The van der Waals surface area contributed by atoms with Crippen molar-refractivity contribution >= 4 is 27.5 Å². The second kappa shape index (κ2) is 14.2. The third-order valence-corrected chi connectivity index (χ3v) is 10.0. The minimum atomic E-state index is -4.17. The largest absolute Gasteiger partial charge is 0.486 e. The van der Waals surface area contributed by atoms with Gasteiger partial charge in [-0.3, -0.25) is 13.9 Å². The third-order valence-electron chi connectivity index (χ3n) is 8.23. The molecule has 0 aromatic heterocycles. The van der Waals surface area contributed by atoms with Gasteiger partial charge >= 0.3 is 0 Å². The van der Waals surface area contributed by atoms with Crippen molar-refractivity contribution in [1.29, 1.82) is 0 Å². The molecule has 1 atom stereocenters. The van der Waals surface area contributed by atoms with Crippen LogP contribution < -0.4 is 19.1 Å². The Bertz CT molecular complexity index is 1540. The van der Waals surface area contributed by atoms with E-state index in [0.29, 0.717) is 31.1 Å². The summed E-state index contributed by atoms with van der Waals surface area (Å²) in [6.45, 7) is 4.25. The number of rotatable bonds is 11. The summed E-state index contributed by atoms with van der Waals surface area (Å²) < 4.78 is 40.7. The Morgan fingerprint density at radius 3 is 2.27 bits per heavy atom. The zero-order valence-corrected chi connectivity index (χ0v) is 26.2. The lowest BCUT2D eigenvalue weighted by molar-refractivity contribution is -0.140. The number of hydrogen-bond donors (Lipinski definition) is 1. The van der Waals surface area contributed by atoms with Gasteiger partial charge in [0.05, 0.1) is 10.6 Å². The molecule has 44 heavy (non-hydrogen) atoms. The number of benzene rings is 3. The number of aryl methyl sites for hydroxylation is 1. The van der Waals surface area contributed by atoms with Crippen molar-refractivity contribution in [2.45, 2.75) is 75.9 Å². The number of amides is 2. The molecule has 0 radical (unpaired) electrons. The summed E-state index contributed by atoms with van der Waals surface area (Å²) in [5.41, 5.74) is 2.19. The highest BCUT2D eigenvalue weighted by atomic mass is 32.2. The molecule has 0 bridgehead atoms. The highest BCUT2D eigenvalue weighted by Crippen LogP contribution is 2.36. The molecule has 1 fully saturated rings. The molecule has 9 nitrogen and oxygen atoms in total. The van der Waals surface area contributed by atoms with Gasteiger partial charge in [0.2, 0.25) is 11.8 Å². The van der Waals surface area contributed by atoms with Gasteiger partial charge in [-0.2, -0.15) is 0 Å². The van der Waals surface area contributed by atoms with Gasteiger partial charge in [-0.05, 0) is 56.0 Å². The molecule has 3 aromatic rings. The van der Waals surface area contributed by atoms with Crippen molar-refractivity contribution in [1.82, 2.24) is 10.2 Å². The van der Waals surface area contributed by atoms with E-state index < -0.39 is 28.5 Å². The summed E-state index contributed by atoms with van der Waals surface area (Å²) in [5.74, 6) is 0.223. The van der Waals surface area contributed by atoms with Gasteiger partial charge in [-0.25, -0.2) is 8.42 Å². The average Bonchev–Trinajstić information content (AvgIpc) is 3.05. The Morgan fingerprint density at radius 1 is 0.909 bits per heavy atom. The summed E-state index contributed by atoms with van der Waals surface area (Å²) in [5, 5.41) is 3.18. The molecule has 234 valence electrons. The lowest BCUT2D eigenvalue weighted by atomic mass is 9.95. The van der Waals surface area contributed by atoms with E-state index in [-0.39, 0.29) is 29.1 Å². The number of nitrogens with one attached hydrogen (secondary N) is 1. The van der Waals surface area contributed by atoms with Crippen LogP contribution in [0.5, 0.6) is 11.5 Å². The third kappa shape index (κ3) is 7.35. The zero-order valence-electron chi connectivity index (χ0n) is 25.4. The molecular formula is C34H41N3O6S. The Labute approximate surface area is 260 Å². The number of carbonyl (C=O) groups excluding carboxylic acids is 2. The second-order valence-corrected chi connectivity index (χ2v) is 13.3. The predicted molar refractivity (Wildman–Crippen MR) is 169 cm³/mol. The fourth-order valence-electron chi connectivity index (χ4n) is 5.79. The average molecular weight is 620 g/mol. The maximum Gasteiger partial charge on any atom is 0.264 e. The molecule has 0 saturated heterocycles. The van der Waals surface area contributed by atoms with Crippen LogP contribution >= 0.6 is 0 Å². The first-order valence-corrected chi connectivity index (χ1v) is 16.8. The summed E-state index contributed by atoms with van der Waals surface area (Å²) >= 11 is 0. The summed E-state index contributed by atoms with van der Waals surface area (Å²) in [6.07, 6.45) is 5.51. The van der Waals surface area contributed by atoms with Crippen molar-refractivity contribution < 1.29 is 27.5 Å². The van der Waals surface area contributed by atoms with Crippen molar-refractivity contribution in [2.75, 3.05) is 24.1 Å². The van der Waals surface area contributed by atoms with E-state index in [2.05, 4.69) is 5.32 Å². The van der Waals surface area contributed by atoms with Crippen LogP contribution in [0.25, 0.3) is 0 Å².